The highest BCUT2D eigenvalue weighted by molar-refractivity contribution is 7.80. The van der Waals surface area contributed by atoms with Gasteiger partial charge in [0.05, 0.1) is 13.7 Å². The molecule has 0 saturated heterocycles. The second-order valence-electron chi connectivity index (χ2n) is 5.71. The molecule has 2 N–H and O–H groups in total. The van der Waals surface area contributed by atoms with Gasteiger partial charge in [-0.3, -0.25) is 10.1 Å². The molecule has 2 rings (SSSR count). The fourth-order valence-electron chi connectivity index (χ4n) is 2.19. The van der Waals surface area contributed by atoms with Gasteiger partial charge in [-0.25, -0.2) is 0 Å². The standard InChI is InChI=1S/C20H24N2O3S2/c1-3-4-11-25-17-9-7-15(13-18(17)24-2)14-21-20(26)22-19(23)10-8-16-6-5-12-27-16/h5-10,12-13H,3-4,11,14H2,1-2H3,(H2,21,22,23,26)/b10-8+. The summed E-state index contributed by atoms with van der Waals surface area (Å²) in [4.78, 5) is 12.9. The molecule has 144 valence electrons. The van der Waals surface area contributed by atoms with Crippen LogP contribution in [0.4, 0.5) is 0 Å². The molecule has 1 amide bonds. The maximum absolute atomic E-state index is 11.9. The highest BCUT2D eigenvalue weighted by Gasteiger charge is 2.07. The van der Waals surface area contributed by atoms with E-state index in [0.717, 1.165) is 29.0 Å². The molecule has 0 bridgehead atoms. The molecule has 0 aliphatic rings. The molecule has 0 radical (unpaired) electrons. The molecule has 1 aromatic carbocycles. The minimum atomic E-state index is -0.266. The Morgan fingerprint density at radius 3 is 2.85 bits per heavy atom. The van der Waals surface area contributed by atoms with Gasteiger partial charge >= 0.3 is 0 Å². The number of carbonyl (C=O) groups is 1. The summed E-state index contributed by atoms with van der Waals surface area (Å²) < 4.78 is 11.1. The highest BCUT2D eigenvalue weighted by atomic mass is 32.1. The zero-order valence-corrected chi connectivity index (χ0v) is 17.1. The van der Waals surface area contributed by atoms with Crippen molar-refractivity contribution in [3.05, 3.63) is 52.2 Å². The number of unbranched alkanes of at least 4 members (excludes halogenated alkanes) is 1. The van der Waals surface area contributed by atoms with Gasteiger partial charge in [-0.1, -0.05) is 25.5 Å². The topological polar surface area (TPSA) is 59.6 Å². The monoisotopic (exact) mass is 404 g/mol. The van der Waals surface area contributed by atoms with Gasteiger partial charge in [-0.05, 0) is 53.9 Å². The number of rotatable bonds is 9. The lowest BCUT2D eigenvalue weighted by Gasteiger charge is -2.13. The minimum Gasteiger partial charge on any atom is -0.493 e. The van der Waals surface area contributed by atoms with Crippen LogP contribution in [-0.4, -0.2) is 24.7 Å². The second-order valence-corrected chi connectivity index (χ2v) is 7.10. The predicted octanol–water partition coefficient (Wildman–Crippen LogP) is 4.14. The van der Waals surface area contributed by atoms with Gasteiger partial charge in [-0.15, -0.1) is 11.3 Å². The molecule has 0 saturated carbocycles. The van der Waals surface area contributed by atoms with Crippen molar-refractivity contribution < 1.29 is 14.3 Å². The summed E-state index contributed by atoms with van der Waals surface area (Å²) in [5.41, 5.74) is 0.973. The number of hydrogen-bond acceptors (Lipinski definition) is 5. The number of thiophene rings is 1. The summed E-state index contributed by atoms with van der Waals surface area (Å²) in [5.74, 6) is 1.14. The van der Waals surface area contributed by atoms with E-state index in [-0.39, 0.29) is 11.0 Å². The van der Waals surface area contributed by atoms with E-state index >= 15 is 0 Å². The zero-order valence-electron chi connectivity index (χ0n) is 15.5. The third-order valence-corrected chi connectivity index (χ3v) is 4.70. The summed E-state index contributed by atoms with van der Waals surface area (Å²) in [6.07, 6.45) is 5.30. The summed E-state index contributed by atoms with van der Waals surface area (Å²) in [5, 5.41) is 7.88. The third-order valence-electron chi connectivity index (χ3n) is 3.62. The molecule has 0 atom stereocenters. The molecule has 0 fully saturated rings. The van der Waals surface area contributed by atoms with Crippen LogP contribution in [0.1, 0.15) is 30.2 Å². The number of hydrogen-bond donors (Lipinski definition) is 2. The van der Waals surface area contributed by atoms with E-state index < -0.39 is 0 Å². The Bertz CT molecular complexity index is 774. The van der Waals surface area contributed by atoms with Crippen LogP contribution in [0.3, 0.4) is 0 Å². The first-order valence-corrected chi connectivity index (χ1v) is 10.0. The normalized spacial score (nSPS) is 10.6. The average Bonchev–Trinajstić information content (AvgIpc) is 3.19. The molecule has 5 nitrogen and oxygen atoms in total. The molecular weight excluding hydrogens is 380 g/mol. The van der Waals surface area contributed by atoms with Gasteiger partial charge in [0, 0.05) is 17.5 Å². The number of ether oxygens (including phenoxy) is 2. The van der Waals surface area contributed by atoms with E-state index in [0.29, 0.717) is 18.9 Å². The predicted molar refractivity (Wildman–Crippen MR) is 114 cm³/mol. The molecule has 1 aromatic heterocycles. The maximum atomic E-state index is 11.9. The molecule has 0 aliphatic carbocycles. The lowest BCUT2D eigenvalue weighted by atomic mass is 10.2. The number of amides is 1. The van der Waals surface area contributed by atoms with Gasteiger partial charge in [0.25, 0.3) is 0 Å². The van der Waals surface area contributed by atoms with Gasteiger partial charge in [0.2, 0.25) is 5.91 Å². The van der Waals surface area contributed by atoms with Crippen molar-refractivity contribution in [1.82, 2.24) is 10.6 Å². The maximum Gasteiger partial charge on any atom is 0.250 e. The molecule has 0 spiro atoms. The molecular formula is C20H24N2O3S2. The molecule has 2 aromatic rings. The Hall–Kier alpha value is -2.38. The van der Waals surface area contributed by atoms with Crippen LogP contribution < -0.4 is 20.1 Å². The summed E-state index contributed by atoms with van der Waals surface area (Å²) in [7, 11) is 1.62. The second kappa shape index (κ2) is 11.4. The van der Waals surface area contributed by atoms with Crippen molar-refractivity contribution in [2.24, 2.45) is 0 Å². The smallest absolute Gasteiger partial charge is 0.250 e. The number of carbonyl (C=O) groups excluding carboxylic acids is 1. The van der Waals surface area contributed by atoms with Crippen LogP contribution in [-0.2, 0) is 11.3 Å². The van der Waals surface area contributed by atoms with E-state index in [2.05, 4.69) is 17.6 Å². The Morgan fingerprint density at radius 2 is 2.15 bits per heavy atom. The fourth-order valence-corrected chi connectivity index (χ4v) is 2.98. The van der Waals surface area contributed by atoms with Crippen molar-refractivity contribution in [2.45, 2.75) is 26.3 Å². The van der Waals surface area contributed by atoms with Gasteiger partial charge < -0.3 is 14.8 Å². The summed E-state index contributed by atoms with van der Waals surface area (Å²) in [6.45, 7) is 3.26. The van der Waals surface area contributed by atoms with E-state index in [1.165, 1.54) is 6.08 Å². The zero-order chi connectivity index (χ0) is 19.5. The quantitative estimate of drug-likeness (QED) is 0.374. The fraction of sp³-hybridized carbons (Fsp3) is 0.300. The molecule has 27 heavy (non-hydrogen) atoms. The van der Waals surface area contributed by atoms with Crippen molar-refractivity contribution in [2.75, 3.05) is 13.7 Å². The first kappa shape index (κ1) is 20.9. The summed E-state index contributed by atoms with van der Waals surface area (Å²) in [6, 6.07) is 9.60. The lowest BCUT2D eigenvalue weighted by molar-refractivity contribution is -0.115. The third kappa shape index (κ3) is 7.40. The van der Waals surface area contributed by atoms with Crippen LogP contribution in [0.5, 0.6) is 11.5 Å². The Labute approximate surface area is 169 Å². The first-order valence-electron chi connectivity index (χ1n) is 8.72. The van der Waals surface area contributed by atoms with E-state index in [9.17, 15) is 4.79 Å². The minimum absolute atomic E-state index is 0.266. The largest absolute Gasteiger partial charge is 0.493 e. The Morgan fingerprint density at radius 1 is 1.30 bits per heavy atom. The van der Waals surface area contributed by atoms with Crippen molar-refractivity contribution in [3.63, 3.8) is 0 Å². The summed E-state index contributed by atoms with van der Waals surface area (Å²) >= 11 is 6.74. The first-order chi connectivity index (χ1) is 13.1. The number of methoxy groups -OCH3 is 1. The Balaban J connectivity index is 1.82. The van der Waals surface area contributed by atoms with E-state index in [1.54, 1.807) is 24.5 Å². The van der Waals surface area contributed by atoms with E-state index in [1.807, 2.05) is 35.7 Å². The van der Waals surface area contributed by atoms with Crippen LogP contribution >= 0.6 is 23.6 Å². The SMILES string of the molecule is CCCCOc1ccc(CNC(=S)NC(=O)/C=C/c2cccs2)cc1OC. The number of benzene rings is 1. The van der Waals surface area contributed by atoms with Crippen molar-refractivity contribution >= 4 is 40.7 Å². The van der Waals surface area contributed by atoms with Crippen LogP contribution in [0, 0.1) is 0 Å². The average molecular weight is 405 g/mol. The van der Waals surface area contributed by atoms with Gasteiger partial charge in [0.15, 0.2) is 16.6 Å². The molecule has 0 unspecified atom stereocenters. The van der Waals surface area contributed by atoms with Gasteiger partial charge in [-0.2, -0.15) is 0 Å². The van der Waals surface area contributed by atoms with E-state index in [4.69, 9.17) is 21.7 Å². The van der Waals surface area contributed by atoms with Crippen LogP contribution in [0.25, 0.3) is 6.08 Å². The molecule has 7 heteroatoms. The van der Waals surface area contributed by atoms with Crippen LogP contribution in [0.15, 0.2) is 41.8 Å². The number of thiocarbonyl (C=S) groups is 1. The molecule has 1 heterocycles. The van der Waals surface area contributed by atoms with Gasteiger partial charge in [0.1, 0.15) is 0 Å². The molecule has 0 aliphatic heterocycles. The van der Waals surface area contributed by atoms with Crippen molar-refractivity contribution in [1.29, 1.82) is 0 Å². The Kier molecular flexibility index (Phi) is 8.80. The van der Waals surface area contributed by atoms with Crippen LogP contribution in [0.2, 0.25) is 0 Å². The van der Waals surface area contributed by atoms with Crippen molar-refractivity contribution in [3.8, 4) is 11.5 Å². The lowest BCUT2D eigenvalue weighted by Crippen LogP contribution is -2.37. The number of nitrogens with one attached hydrogen (secondary N) is 2. The highest BCUT2D eigenvalue weighted by Crippen LogP contribution is 2.28.